The van der Waals surface area contributed by atoms with Crippen molar-refractivity contribution >= 4 is 23.0 Å². The normalized spacial score (nSPS) is 2.00. The first-order valence-corrected chi connectivity index (χ1v) is 2.06. The van der Waals surface area contributed by atoms with Gasteiger partial charge in [-0.15, -0.1) is 0 Å². The standard InChI is InChI=1S/Cr.2O.Sb.H. The van der Waals surface area contributed by atoms with Gasteiger partial charge in [-0.1, -0.05) is 0 Å². The first-order chi connectivity index (χ1) is 2.00. The van der Waals surface area contributed by atoms with Gasteiger partial charge in [-0.25, -0.2) is 0 Å². The summed E-state index contributed by atoms with van der Waals surface area (Å²) in [6.45, 7) is 0. The second kappa shape index (κ2) is 38.1. The average molecular weight is 207 g/mol. The molecule has 0 radical (unpaired) electrons. The summed E-state index contributed by atoms with van der Waals surface area (Å²) < 4.78 is 16.5. The van der Waals surface area contributed by atoms with Crippen molar-refractivity contribution in [1.29, 1.82) is 0 Å². The van der Waals surface area contributed by atoms with Crippen LogP contribution >= 0.6 is 0 Å². The molecule has 0 heterocycles. The predicted octanol–water partition coefficient (Wildman–Crippen LogP) is -0.889. The van der Waals surface area contributed by atoms with E-state index in [0.717, 1.165) is 0 Å². The fraction of sp³-hybridized carbons (Fsp3) is 0. The van der Waals surface area contributed by atoms with Crippen LogP contribution < -0.4 is 0 Å². The van der Waals surface area contributed by atoms with E-state index in [9.17, 15) is 0 Å². The molecule has 0 fully saturated rings. The zero-order valence-corrected chi connectivity index (χ0v) is 5.85. The Morgan fingerprint density at radius 3 is 1.25 bits per heavy atom. The molecule has 0 atom stereocenters. The van der Waals surface area contributed by atoms with Crippen molar-refractivity contribution in [3.05, 3.63) is 0 Å². The quantitative estimate of drug-likeness (QED) is 0.482. The van der Waals surface area contributed by atoms with Crippen LogP contribution in [0.15, 0.2) is 0 Å². The van der Waals surface area contributed by atoms with Crippen molar-refractivity contribution in [3.63, 3.8) is 0 Å². The SMILES string of the molecule is [O]=[Cr].[O]=[SbH]. The molecule has 0 aromatic carbocycles. The maximum absolute atomic E-state index is 8.34. The van der Waals surface area contributed by atoms with Gasteiger partial charge in [-0.05, 0) is 0 Å². The molecule has 2 nitrogen and oxygen atoms in total. The van der Waals surface area contributed by atoms with E-state index >= 15 is 0 Å². The van der Waals surface area contributed by atoms with Crippen molar-refractivity contribution in [2.75, 3.05) is 0 Å². The van der Waals surface area contributed by atoms with Gasteiger partial charge < -0.3 is 0 Å². The molecule has 0 saturated heterocycles. The zero-order chi connectivity index (χ0) is 4.00. The van der Waals surface area contributed by atoms with Crippen LogP contribution in [0.25, 0.3) is 0 Å². The second-order valence-electron chi connectivity index (χ2n) is 0. The summed E-state index contributed by atoms with van der Waals surface area (Å²) in [5.74, 6) is 0. The van der Waals surface area contributed by atoms with Gasteiger partial charge in [0.25, 0.3) is 0 Å². The van der Waals surface area contributed by atoms with E-state index in [1.165, 1.54) is 16.2 Å². The number of hydrogen-bond acceptors (Lipinski definition) is 2. The van der Waals surface area contributed by atoms with Gasteiger partial charge in [0.05, 0.1) is 0 Å². The minimum atomic E-state index is 0.300. The van der Waals surface area contributed by atoms with E-state index in [4.69, 9.17) is 6.82 Å². The fourth-order valence-corrected chi connectivity index (χ4v) is 0. The molecule has 4 heteroatoms. The molecule has 0 unspecified atom stereocenters. The Balaban J connectivity index is 0. The van der Waals surface area contributed by atoms with E-state index in [1.807, 2.05) is 0 Å². The molecule has 0 spiro atoms. The van der Waals surface area contributed by atoms with Crippen LogP contribution in [0, 0.1) is 0 Å². The molecule has 24 valence electrons. The first-order valence-electron chi connectivity index (χ1n) is 0.371. The fourth-order valence-electron chi connectivity index (χ4n) is 0. The van der Waals surface area contributed by atoms with Gasteiger partial charge in [0.1, 0.15) is 0 Å². The summed E-state index contributed by atoms with van der Waals surface area (Å²) in [4.78, 5) is 0. The Bertz CT molecular complexity index is 8.00. The summed E-state index contributed by atoms with van der Waals surface area (Å²) >= 11 is 1.68. The van der Waals surface area contributed by atoms with Crippen LogP contribution in [-0.2, 0) is 23.0 Å². The van der Waals surface area contributed by atoms with Gasteiger partial charge in [0.2, 0.25) is 0 Å². The monoisotopic (exact) mass is 206 g/mol. The number of hydrogen-bond donors (Lipinski definition) is 0. The Kier molecular flexibility index (Phi) is 84.4. The van der Waals surface area contributed by atoms with Gasteiger partial charge in [0.15, 0.2) is 0 Å². The molecule has 0 aliphatic rings. The van der Waals surface area contributed by atoms with Crippen LogP contribution in [0.1, 0.15) is 0 Å². The molecule has 0 aromatic rings. The molecule has 4 heavy (non-hydrogen) atoms. The third-order valence-electron chi connectivity index (χ3n) is 0. The molecular weight excluding hydrogens is 206 g/mol. The third-order valence-corrected chi connectivity index (χ3v) is 0. The Hall–Kier alpha value is 0.951. The van der Waals surface area contributed by atoms with Crippen LogP contribution in [0.4, 0.5) is 0 Å². The molecule has 0 bridgehead atoms. The Labute approximate surface area is 46.1 Å². The van der Waals surface area contributed by atoms with Crippen molar-refractivity contribution in [2.45, 2.75) is 0 Å². The molecular formula is HCrO2Sb. The second-order valence-corrected chi connectivity index (χ2v) is 0. The summed E-state index contributed by atoms with van der Waals surface area (Å²) in [5.41, 5.74) is 0. The summed E-state index contributed by atoms with van der Waals surface area (Å²) in [6.07, 6.45) is 0. The van der Waals surface area contributed by atoms with E-state index in [0.29, 0.717) is 23.0 Å². The van der Waals surface area contributed by atoms with Crippen molar-refractivity contribution in [1.82, 2.24) is 0 Å². The van der Waals surface area contributed by atoms with Crippen molar-refractivity contribution in [3.8, 4) is 0 Å². The van der Waals surface area contributed by atoms with E-state index in [-0.39, 0.29) is 0 Å². The van der Waals surface area contributed by atoms with Gasteiger partial charge >= 0.3 is 46.1 Å². The molecule has 0 amide bonds. The topological polar surface area (TPSA) is 34.1 Å². The maximum atomic E-state index is 8.34. The summed E-state index contributed by atoms with van der Waals surface area (Å²) in [5, 5.41) is 0. The van der Waals surface area contributed by atoms with Gasteiger partial charge in [-0.3, -0.25) is 0 Å². The predicted molar refractivity (Wildman–Crippen MR) is 8.52 cm³/mol. The molecule has 0 N–H and O–H groups in total. The van der Waals surface area contributed by atoms with Crippen molar-refractivity contribution < 1.29 is 23.0 Å². The molecule has 0 aromatic heterocycles. The molecule has 0 aliphatic carbocycles. The van der Waals surface area contributed by atoms with E-state index in [1.54, 1.807) is 0 Å². The van der Waals surface area contributed by atoms with Crippen molar-refractivity contribution in [2.24, 2.45) is 0 Å². The van der Waals surface area contributed by atoms with Gasteiger partial charge in [-0.2, -0.15) is 0 Å². The Morgan fingerprint density at radius 1 is 1.25 bits per heavy atom. The van der Waals surface area contributed by atoms with Crippen LogP contribution in [0.2, 0.25) is 0 Å². The van der Waals surface area contributed by atoms with Crippen LogP contribution in [0.5, 0.6) is 0 Å². The molecule has 0 saturated carbocycles. The van der Waals surface area contributed by atoms with Crippen LogP contribution in [0.3, 0.4) is 0 Å². The number of rotatable bonds is 0. The zero-order valence-electron chi connectivity index (χ0n) is 1.72. The van der Waals surface area contributed by atoms with Crippen LogP contribution in [-0.4, -0.2) is 23.0 Å². The van der Waals surface area contributed by atoms with Gasteiger partial charge in [0, 0.05) is 0 Å². The Morgan fingerprint density at radius 2 is 1.25 bits per heavy atom. The average Bonchev–Trinajstić information content (AvgIpc) is 1.50. The first kappa shape index (κ1) is 8.87. The molecule has 0 aliphatic heterocycles. The van der Waals surface area contributed by atoms with E-state index in [2.05, 4.69) is 0 Å². The summed E-state index contributed by atoms with van der Waals surface area (Å²) in [7, 11) is 0. The molecule has 0 rings (SSSR count). The van der Waals surface area contributed by atoms with E-state index < -0.39 is 0 Å². The summed E-state index contributed by atoms with van der Waals surface area (Å²) in [6, 6.07) is 0. The minimum absolute atomic E-state index is 0.300. The third kappa shape index (κ3) is 12.4.